The van der Waals surface area contributed by atoms with Gasteiger partial charge in [0.2, 0.25) is 10.0 Å². The molecule has 1 aromatic rings. The van der Waals surface area contributed by atoms with Gasteiger partial charge in [-0.15, -0.1) is 0 Å². The fourth-order valence-corrected chi connectivity index (χ4v) is 8.38. The molecule has 4 bridgehead atoms. The summed E-state index contributed by atoms with van der Waals surface area (Å²) in [6.07, 6.45) is 8.66. The van der Waals surface area contributed by atoms with Crippen LogP contribution in [-0.4, -0.2) is 33.5 Å². The highest BCUT2D eigenvalue weighted by Gasteiger charge is 2.54. The SMILES string of the molecule is CC[C@@H](NC(=O)c1ccc(OC)c(S(=O)(=O)NC(C)C)c1)C12CC3CC(CC(C3)C1)C2. The smallest absolute Gasteiger partial charge is 0.251 e. The second kappa shape index (κ2) is 8.39. The molecule has 31 heavy (non-hydrogen) atoms. The van der Waals surface area contributed by atoms with Gasteiger partial charge < -0.3 is 10.1 Å². The van der Waals surface area contributed by atoms with Crippen molar-refractivity contribution in [3.05, 3.63) is 23.8 Å². The molecule has 4 aliphatic carbocycles. The Balaban J connectivity index is 1.57. The summed E-state index contributed by atoms with van der Waals surface area (Å²) in [6.45, 7) is 5.68. The Morgan fingerprint density at radius 1 is 1.13 bits per heavy atom. The standard InChI is InChI=1S/C24H36N2O4S/c1-5-22(24-12-16-8-17(13-24)10-18(9-16)14-24)25-23(27)19-6-7-20(30-4)21(11-19)31(28,29)26-15(2)3/h6-7,11,15-18,22,26H,5,8-10,12-14H2,1-4H3,(H,25,27)/t16?,17?,18?,22-,24?/m1/s1. The van der Waals surface area contributed by atoms with Crippen LogP contribution in [0.4, 0.5) is 0 Å². The summed E-state index contributed by atoms with van der Waals surface area (Å²) in [5, 5.41) is 3.30. The van der Waals surface area contributed by atoms with Gasteiger partial charge >= 0.3 is 0 Å². The first kappa shape index (κ1) is 22.6. The molecular weight excluding hydrogens is 412 g/mol. The number of methoxy groups -OCH3 is 1. The van der Waals surface area contributed by atoms with Crippen molar-refractivity contribution < 1.29 is 17.9 Å². The third-order valence-corrected chi connectivity index (χ3v) is 9.32. The Hall–Kier alpha value is -1.60. The van der Waals surface area contributed by atoms with E-state index in [0.29, 0.717) is 5.56 Å². The number of hydrogen-bond donors (Lipinski definition) is 2. The number of carbonyl (C=O) groups is 1. The zero-order chi connectivity index (χ0) is 22.4. The van der Waals surface area contributed by atoms with Crippen molar-refractivity contribution >= 4 is 15.9 Å². The molecule has 0 radical (unpaired) electrons. The molecule has 7 heteroatoms. The molecular formula is C24H36N2O4S. The zero-order valence-corrected chi connectivity index (χ0v) is 19.9. The van der Waals surface area contributed by atoms with Gasteiger partial charge in [0.05, 0.1) is 7.11 Å². The first-order chi connectivity index (χ1) is 14.7. The summed E-state index contributed by atoms with van der Waals surface area (Å²) < 4.78 is 33.4. The van der Waals surface area contributed by atoms with Crippen LogP contribution in [0, 0.1) is 23.2 Å². The molecule has 0 unspecified atom stereocenters. The highest BCUT2D eigenvalue weighted by Crippen LogP contribution is 2.61. The van der Waals surface area contributed by atoms with E-state index in [9.17, 15) is 13.2 Å². The predicted octanol–water partition coefficient (Wildman–Crippen LogP) is 4.11. The highest BCUT2D eigenvalue weighted by atomic mass is 32.2. The number of hydrogen-bond acceptors (Lipinski definition) is 4. The Labute approximate surface area is 186 Å². The van der Waals surface area contributed by atoms with Gasteiger partial charge in [0.25, 0.3) is 5.91 Å². The first-order valence-corrected chi connectivity index (χ1v) is 13.2. The van der Waals surface area contributed by atoms with Crippen molar-refractivity contribution in [3.8, 4) is 5.75 Å². The molecule has 0 aliphatic heterocycles. The number of amides is 1. The molecule has 4 saturated carbocycles. The molecule has 5 rings (SSSR count). The van der Waals surface area contributed by atoms with E-state index in [0.717, 1.165) is 24.2 Å². The van der Waals surface area contributed by atoms with Crippen molar-refractivity contribution in [1.82, 2.24) is 10.0 Å². The van der Waals surface area contributed by atoms with E-state index in [1.54, 1.807) is 26.0 Å². The third kappa shape index (κ3) is 4.36. The van der Waals surface area contributed by atoms with E-state index in [1.165, 1.54) is 51.7 Å². The monoisotopic (exact) mass is 448 g/mol. The molecule has 0 heterocycles. The lowest BCUT2D eigenvalue weighted by molar-refractivity contribution is -0.0727. The lowest BCUT2D eigenvalue weighted by Crippen LogP contribution is -2.56. The Bertz CT molecular complexity index is 906. The molecule has 172 valence electrons. The second-order valence-electron chi connectivity index (χ2n) is 10.4. The number of rotatable bonds is 8. The average Bonchev–Trinajstić information content (AvgIpc) is 2.69. The number of ether oxygens (including phenoxy) is 1. The van der Waals surface area contributed by atoms with Crippen LogP contribution >= 0.6 is 0 Å². The molecule has 6 nitrogen and oxygen atoms in total. The van der Waals surface area contributed by atoms with Crippen LogP contribution in [0.1, 0.15) is 76.1 Å². The van der Waals surface area contributed by atoms with Crippen LogP contribution in [-0.2, 0) is 10.0 Å². The molecule has 4 fully saturated rings. The Morgan fingerprint density at radius 2 is 1.71 bits per heavy atom. The van der Waals surface area contributed by atoms with Crippen LogP contribution in [0.15, 0.2) is 23.1 Å². The van der Waals surface area contributed by atoms with Gasteiger partial charge in [0, 0.05) is 17.6 Å². The highest BCUT2D eigenvalue weighted by molar-refractivity contribution is 7.89. The maximum absolute atomic E-state index is 13.2. The number of sulfonamides is 1. The van der Waals surface area contributed by atoms with Crippen LogP contribution in [0.25, 0.3) is 0 Å². The normalized spacial score (nSPS) is 30.4. The fourth-order valence-electron chi connectivity index (χ4n) is 6.94. The second-order valence-corrected chi connectivity index (χ2v) is 12.0. The maximum atomic E-state index is 13.2. The van der Waals surface area contributed by atoms with Gasteiger partial charge in [-0.1, -0.05) is 6.92 Å². The van der Waals surface area contributed by atoms with Crippen LogP contribution in [0.3, 0.4) is 0 Å². The Morgan fingerprint density at radius 3 is 2.19 bits per heavy atom. The van der Waals surface area contributed by atoms with Crippen molar-refractivity contribution in [3.63, 3.8) is 0 Å². The van der Waals surface area contributed by atoms with Crippen molar-refractivity contribution in [2.75, 3.05) is 7.11 Å². The minimum atomic E-state index is -3.78. The summed E-state index contributed by atoms with van der Waals surface area (Å²) in [7, 11) is -2.35. The lowest BCUT2D eigenvalue weighted by Gasteiger charge is -2.59. The predicted molar refractivity (Wildman–Crippen MR) is 121 cm³/mol. The maximum Gasteiger partial charge on any atom is 0.251 e. The quantitative estimate of drug-likeness (QED) is 0.627. The van der Waals surface area contributed by atoms with Crippen LogP contribution < -0.4 is 14.8 Å². The van der Waals surface area contributed by atoms with Crippen molar-refractivity contribution in [1.29, 1.82) is 0 Å². The Kier molecular flexibility index (Phi) is 6.12. The molecule has 2 N–H and O–H groups in total. The van der Waals surface area contributed by atoms with Crippen LogP contribution in [0.5, 0.6) is 5.75 Å². The number of nitrogens with one attached hydrogen (secondary N) is 2. The molecule has 4 aliphatic rings. The number of carbonyl (C=O) groups excluding carboxylic acids is 1. The molecule has 1 atom stereocenters. The molecule has 0 spiro atoms. The summed E-state index contributed by atoms with van der Waals surface area (Å²) in [6, 6.07) is 4.52. The van der Waals surface area contributed by atoms with E-state index in [4.69, 9.17) is 4.74 Å². The van der Waals surface area contributed by atoms with Gasteiger partial charge in [0.15, 0.2) is 0 Å². The van der Waals surface area contributed by atoms with Gasteiger partial charge in [-0.3, -0.25) is 4.79 Å². The average molecular weight is 449 g/mol. The molecule has 1 amide bonds. The number of benzene rings is 1. The first-order valence-electron chi connectivity index (χ1n) is 11.7. The zero-order valence-electron chi connectivity index (χ0n) is 19.1. The topological polar surface area (TPSA) is 84.5 Å². The van der Waals surface area contributed by atoms with Gasteiger partial charge in [-0.05, 0) is 100 Å². The summed E-state index contributed by atoms with van der Waals surface area (Å²) in [5.74, 6) is 2.48. The van der Waals surface area contributed by atoms with Gasteiger partial charge in [0.1, 0.15) is 10.6 Å². The van der Waals surface area contributed by atoms with E-state index in [2.05, 4.69) is 17.0 Å². The minimum absolute atomic E-state index is 0.000738. The van der Waals surface area contributed by atoms with E-state index in [-0.39, 0.29) is 34.1 Å². The lowest BCUT2D eigenvalue weighted by atomic mass is 9.47. The minimum Gasteiger partial charge on any atom is -0.495 e. The van der Waals surface area contributed by atoms with E-state index >= 15 is 0 Å². The van der Waals surface area contributed by atoms with Crippen molar-refractivity contribution in [2.24, 2.45) is 23.2 Å². The van der Waals surface area contributed by atoms with E-state index in [1.807, 2.05) is 0 Å². The molecule has 0 aromatic heterocycles. The summed E-state index contributed by atoms with van der Waals surface area (Å²) in [5.41, 5.74) is 0.563. The fraction of sp³-hybridized carbons (Fsp3) is 0.708. The third-order valence-electron chi connectivity index (χ3n) is 7.64. The summed E-state index contributed by atoms with van der Waals surface area (Å²) >= 11 is 0. The van der Waals surface area contributed by atoms with Crippen LogP contribution in [0.2, 0.25) is 0 Å². The van der Waals surface area contributed by atoms with Gasteiger partial charge in [-0.2, -0.15) is 0 Å². The van der Waals surface area contributed by atoms with Gasteiger partial charge in [-0.25, -0.2) is 13.1 Å². The molecule has 1 aromatic carbocycles. The molecule has 0 saturated heterocycles. The van der Waals surface area contributed by atoms with E-state index < -0.39 is 10.0 Å². The summed E-state index contributed by atoms with van der Waals surface area (Å²) in [4.78, 5) is 13.2. The van der Waals surface area contributed by atoms with Crippen molar-refractivity contribution in [2.45, 2.75) is 82.7 Å². The largest absolute Gasteiger partial charge is 0.495 e.